The van der Waals surface area contributed by atoms with E-state index in [2.05, 4.69) is 5.32 Å². The van der Waals surface area contributed by atoms with Gasteiger partial charge in [0.15, 0.2) is 0 Å². The molecule has 2 aromatic carbocycles. The van der Waals surface area contributed by atoms with Gasteiger partial charge in [-0.05, 0) is 36.6 Å². The lowest BCUT2D eigenvalue weighted by Crippen LogP contribution is -2.43. The third-order valence-electron chi connectivity index (χ3n) is 3.99. The molecule has 2 rings (SSSR count). The first kappa shape index (κ1) is 19.5. The third kappa shape index (κ3) is 6.24. The normalized spacial score (nSPS) is 11.5. The van der Waals surface area contributed by atoms with Crippen molar-refractivity contribution in [1.29, 1.82) is 0 Å². The van der Waals surface area contributed by atoms with Crippen LogP contribution in [-0.4, -0.2) is 31.6 Å². The number of hydrogen-bond acceptors (Lipinski definition) is 4. The summed E-state index contributed by atoms with van der Waals surface area (Å²) in [5.74, 6) is 0.201. The molecule has 1 atom stereocenters. The SMILES string of the molecule is CCOC(=O)C(Cc1ccccc1)NC(=O)CCc1ccc(OC)cc1. The maximum absolute atomic E-state index is 12.3. The van der Waals surface area contributed by atoms with Gasteiger partial charge in [-0.3, -0.25) is 4.79 Å². The number of amides is 1. The average molecular weight is 355 g/mol. The Bertz CT molecular complexity index is 698. The van der Waals surface area contributed by atoms with Gasteiger partial charge in [-0.1, -0.05) is 42.5 Å². The minimum atomic E-state index is -0.680. The lowest BCUT2D eigenvalue weighted by molar-refractivity contribution is -0.147. The first-order chi connectivity index (χ1) is 12.6. The summed E-state index contributed by atoms with van der Waals surface area (Å²) in [6.45, 7) is 2.04. The molecular formula is C21H25NO4. The molecule has 0 spiro atoms. The van der Waals surface area contributed by atoms with E-state index in [1.807, 2.05) is 54.6 Å². The van der Waals surface area contributed by atoms with Crippen molar-refractivity contribution in [2.75, 3.05) is 13.7 Å². The average Bonchev–Trinajstić information content (AvgIpc) is 2.67. The largest absolute Gasteiger partial charge is 0.497 e. The number of benzene rings is 2. The van der Waals surface area contributed by atoms with Gasteiger partial charge in [0.25, 0.3) is 0 Å². The molecule has 26 heavy (non-hydrogen) atoms. The molecule has 0 radical (unpaired) electrons. The Balaban J connectivity index is 1.92. The Morgan fingerprint density at radius 3 is 2.31 bits per heavy atom. The van der Waals surface area contributed by atoms with Crippen molar-refractivity contribution in [1.82, 2.24) is 5.32 Å². The van der Waals surface area contributed by atoms with Gasteiger partial charge in [0.1, 0.15) is 11.8 Å². The first-order valence-corrected chi connectivity index (χ1v) is 8.75. The Labute approximate surface area is 154 Å². The summed E-state index contributed by atoms with van der Waals surface area (Å²) in [5.41, 5.74) is 2.01. The van der Waals surface area contributed by atoms with E-state index in [1.54, 1.807) is 14.0 Å². The second-order valence-corrected chi connectivity index (χ2v) is 5.91. The fourth-order valence-electron chi connectivity index (χ4n) is 2.60. The molecule has 0 saturated heterocycles. The number of methoxy groups -OCH3 is 1. The fourth-order valence-corrected chi connectivity index (χ4v) is 2.60. The van der Waals surface area contributed by atoms with Crippen LogP contribution in [0.4, 0.5) is 0 Å². The van der Waals surface area contributed by atoms with Crippen LogP contribution in [0.2, 0.25) is 0 Å². The molecule has 2 aromatic rings. The third-order valence-corrected chi connectivity index (χ3v) is 3.99. The number of rotatable bonds is 9. The van der Waals surface area contributed by atoms with Crippen molar-refractivity contribution in [3.8, 4) is 5.75 Å². The molecule has 0 heterocycles. The van der Waals surface area contributed by atoms with E-state index in [9.17, 15) is 9.59 Å². The summed E-state index contributed by atoms with van der Waals surface area (Å²) in [5, 5.41) is 2.80. The Kier molecular flexibility index (Phi) is 7.68. The van der Waals surface area contributed by atoms with Crippen LogP contribution in [0.3, 0.4) is 0 Å². The highest BCUT2D eigenvalue weighted by Crippen LogP contribution is 2.13. The Morgan fingerprint density at radius 1 is 1.00 bits per heavy atom. The molecule has 1 amide bonds. The molecule has 1 unspecified atom stereocenters. The zero-order valence-corrected chi connectivity index (χ0v) is 15.2. The first-order valence-electron chi connectivity index (χ1n) is 8.75. The molecule has 0 fully saturated rings. The van der Waals surface area contributed by atoms with E-state index in [0.717, 1.165) is 16.9 Å². The van der Waals surface area contributed by atoms with Crippen LogP contribution in [0.15, 0.2) is 54.6 Å². The van der Waals surface area contributed by atoms with Crippen molar-refractivity contribution >= 4 is 11.9 Å². The van der Waals surface area contributed by atoms with Crippen LogP contribution in [0.25, 0.3) is 0 Å². The molecule has 0 aliphatic heterocycles. The van der Waals surface area contributed by atoms with Crippen molar-refractivity contribution in [3.05, 3.63) is 65.7 Å². The molecule has 5 heteroatoms. The summed E-state index contributed by atoms with van der Waals surface area (Å²) < 4.78 is 10.2. The number of nitrogens with one attached hydrogen (secondary N) is 1. The van der Waals surface area contributed by atoms with Crippen LogP contribution in [0.5, 0.6) is 5.75 Å². The second-order valence-electron chi connectivity index (χ2n) is 5.91. The van der Waals surface area contributed by atoms with Crippen molar-refractivity contribution in [2.24, 2.45) is 0 Å². The predicted octanol–water partition coefficient (Wildman–Crippen LogP) is 2.92. The number of hydrogen-bond donors (Lipinski definition) is 1. The second kappa shape index (κ2) is 10.2. The monoisotopic (exact) mass is 355 g/mol. The minimum absolute atomic E-state index is 0.171. The molecule has 1 N–H and O–H groups in total. The highest BCUT2D eigenvalue weighted by molar-refractivity contribution is 5.84. The van der Waals surface area contributed by atoms with E-state index in [4.69, 9.17) is 9.47 Å². The maximum Gasteiger partial charge on any atom is 0.328 e. The number of carbonyl (C=O) groups is 2. The number of esters is 1. The maximum atomic E-state index is 12.3. The van der Waals surface area contributed by atoms with E-state index in [1.165, 1.54) is 0 Å². The standard InChI is InChI=1S/C21H25NO4/c1-3-26-21(24)19(15-17-7-5-4-6-8-17)22-20(23)14-11-16-9-12-18(25-2)13-10-16/h4-10,12-13,19H,3,11,14-15H2,1-2H3,(H,22,23). The zero-order valence-electron chi connectivity index (χ0n) is 15.2. The summed E-state index contributed by atoms with van der Waals surface area (Å²) in [6, 6.07) is 16.5. The minimum Gasteiger partial charge on any atom is -0.497 e. The van der Waals surface area contributed by atoms with Gasteiger partial charge in [0.05, 0.1) is 13.7 Å². The zero-order chi connectivity index (χ0) is 18.8. The van der Waals surface area contributed by atoms with Gasteiger partial charge in [-0.15, -0.1) is 0 Å². The molecular weight excluding hydrogens is 330 g/mol. The Morgan fingerprint density at radius 2 is 1.69 bits per heavy atom. The van der Waals surface area contributed by atoms with Gasteiger partial charge >= 0.3 is 5.97 Å². The molecule has 0 aliphatic rings. The van der Waals surface area contributed by atoms with Crippen LogP contribution < -0.4 is 10.1 Å². The van der Waals surface area contributed by atoms with Crippen molar-refractivity contribution in [3.63, 3.8) is 0 Å². The number of carbonyl (C=O) groups excluding carboxylic acids is 2. The summed E-state index contributed by atoms with van der Waals surface area (Å²) >= 11 is 0. The van der Waals surface area contributed by atoms with Crippen LogP contribution >= 0.6 is 0 Å². The molecule has 0 aliphatic carbocycles. The van der Waals surface area contributed by atoms with E-state index >= 15 is 0 Å². The van der Waals surface area contributed by atoms with Crippen molar-refractivity contribution in [2.45, 2.75) is 32.2 Å². The van der Waals surface area contributed by atoms with Crippen LogP contribution in [0.1, 0.15) is 24.5 Å². The number of aryl methyl sites for hydroxylation is 1. The molecule has 138 valence electrons. The smallest absolute Gasteiger partial charge is 0.328 e. The molecule has 0 saturated carbocycles. The van der Waals surface area contributed by atoms with Gasteiger partial charge in [-0.25, -0.2) is 4.79 Å². The number of ether oxygens (including phenoxy) is 2. The summed E-state index contributed by atoms with van der Waals surface area (Å²) in [6.07, 6.45) is 1.31. The van der Waals surface area contributed by atoms with E-state index < -0.39 is 12.0 Å². The Hall–Kier alpha value is -2.82. The quantitative estimate of drug-likeness (QED) is 0.703. The summed E-state index contributed by atoms with van der Waals surface area (Å²) in [7, 11) is 1.62. The fraction of sp³-hybridized carbons (Fsp3) is 0.333. The lowest BCUT2D eigenvalue weighted by Gasteiger charge is -2.17. The van der Waals surface area contributed by atoms with Gasteiger partial charge in [0, 0.05) is 12.8 Å². The van der Waals surface area contributed by atoms with Crippen molar-refractivity contribution < 1.29 is 19.1 Å². The van der Waals surface area contributed by atoms with Crippen LogP contribution in [-0.2, 0) is 27.2 Å². The molecule has 0 aromatic heterocycles. The topological polar surface area (TPSA) is 64.6 Å². The van der Waals surface area contributed by atoms with Gasteiger partial charge in [0.2, 0.25) is 5.91 Å². The van der Waals surface area contributed by atoms with Crippen LogP contribution in [0, 0.1) is 0 Å². The molecule has 0 bridgehead atoms. The van der Waals surface area contributed by atoms with Gasteiger partial charge < -0.3 is 14.8 Å². The lowest BCUT2D eigenvalue weighted by atomic mass is 10.1. The highest BCUT2D eigenvalue weighted by Gasteiger charge is 2.22. The van der Waals surface area contributed by atoms with Gasteiger partial charge in [-0.2, -0.15) is 0 Å². The highest BCUT2D eigenvalue weighted by atomic mass is 16.5. The van der Waals surface area contributed by atoms with E-state index in [0.29, 0.717) is 19.3 Å². The predicted molar refractivity (Wildman–Crippen MR) is 100 cm³/mol. The molecule has 5 nitrogen and oxygen atoms in total. The summed E-state index contributed by atoms with van der Waals surface area (Å²) in [4.78, 5) is 24.5. The van der Waals surface area contributed by atoms with E-state index in [-0.39, 0.29) is 12.5 Å².